The average Bonchev–Trinajstić information content (AvgIpc) is 2.85. The number of thiazole rings is 1. The maximum absolute atomic E-state index is 12.5. The van der Waals surface area contributed by atoms with Crippen LogP contribution < -0.4 is 10.6 Å². The molecule has 0 bridgehead atoms. The number of nitrogens with zero attached hydrogens (tertiary/aromatic N) is 1. The molecule has 0 saturated carbocycles. The van der Waals surface area contributed by atoms with Gasteiger partial charge in [0.05, 0.1) is 11.3 Å². The van der Waals surface area contributed by atoms with Crippen molar-refractivity contribution >= 4 is 40.3 Å². The first-order chi connectivity index (χ1) is 11.4. The van der Waals surface area contributed by atoms with Crippen molar-refractivity contribution in [1.82, 2.24) is 4.98 Å². The van der Waals surface area contributed by atoms with Gasteiger partial charge in [0, 0.05) is 17.0 Å². The summed E-state index contributed by atoms with van der Waals surface area (Å²) in [7, 11) is 0. The van der Waals surface area contributed by atoms with Crippen LogP contribution in [0.2, 0.25) is 0 Å². The van der Waals surface area contributed by atoms with E-state index >= 15 is 0 Å². The Labute approximate surface area is 142 Å². The van der Waals surface area contributed by atoms with Crippen LogP contribution in [0, 0.1) is 13.8 Å². The van der Waals surface area contributed by atoms with Gasteiger partial charge in [-0.3, -0.25) is 10.1 Å². The van der Waals surface area contributed by atoms with Crippen LogP contribution in [0.4, 0.5) is 10.8 Å². The molecule has 0 aliphatic rings. The standard InChI is InChI=1S/C16H17N3O4S/c1-9-10(2)24-16(17-9)19-14(21)11-5-3-4-6-12(11)18-13(7-8-20)15(22)23/h3-6,8,13,18H,7H2,1-2H3,(H,22,23)(H,17,19,21). The summed E-state index contributed by atoms with van der Waals surface area (Å²) in [5.74, 6) is -1.56. The van der Waals surface area contributed by atoms with Crippen molar-refractivity contribution < 1.29 is 19.5 Å². The number of amides is 1. The lowest BCUT2D eigenvalue weighted by atomic mass is 10.1. The zero-order chi connectivity index (χ0) is 17.7. The summed E-state index contributed by atoms with van der Waals surface area (Å²) in [6.45, 7) is 3.77. The minimum Gasteiger partial charge on any atom is -0.480 e. The number of aliphatic carboxylic acids is 1. The van der Waals surface area contributed by atoms with E-state index in [1.54, 1.807) is 24.3 Å². The Kier molecular flexibility index (Phi) is 5.64. The largest absolute Gasteiger partial charge is 0.480 e. The van der Waals surface area contributed by atoms with E-state index in [-0.39, 0.29) is 12.0 Å². The minimum atomic E-state index is -1.16. The summed E-state index contributed by atoms with van der Waals surface area (Å²) in [6.07, 6.45) is 0.325. The van der Waals surface area contributed by atoms with Gasteiger partial charge in [0.25, 0.3) is 5.91 Å². The van der Waals surface area contributed by atoms with Gasteiger partial charge in [-0.15, -0.1) is 11.3 Å². The summed E-state index contributed by atoms with van der Waals surface area (Å²) in [6, 6.07) is 5.42. The highest BCUT2D eigenvalue weighted by Gasteiger charge is 2.20. The van der Waals surface area contributed by atoms with Gasteiger partial charge in [-0.05, 0) is 26.0 Å². The monoisotopic (exact) mass is 347 g/mol. The van der Waals surface area contributed by atoms with E-state index in [2.05, 4.69) is 15.6 Å². The highest BCUT2D eigenvalue weighted by Crippen LogP contribution is 2.23. The lowest BCUT2D eigenvalue weighted by Crippen LogP contribution is -2.30. The van der Waals surface area contributed by atoms with Crippen LogP contribution in [0.25, 0.3) is 0 Å². The maximum atomic E-state index is 12.5. The van der Waals surface area contributed by atoms with E-state index in [0.717, 1.165) is 10.6 Å². The molecule has 0 spiro atoms. The highest BCUT2D eigenvalue weighted by atomic mass is 32.1. The number of rotatable bonds is 7. The molecular formula is C16H17N3O4S. The number of anilines is 2. The third kappa shape index (κ3) is 4.17. The molecule has 0 aliphatic carbocycles. The number of carboxylic acids is 1. The minimum absolute atomic E-state index is 0.198. The number of hydrogen-bond acceptors (Lipinski definition) is 6. The number of carbonyl (C=O) groups excluding carboxylic acids is 2. The Balaban J connectivity index is 2.22. The zero-order valence-corrected chi connectivity index (χ0v) is 14.0. The average molecular weight is 347 g/mol. The molecule has 1 aromatic heterocycles. The fourth-order valence-electron chi connectivity index (χ4n) is 2.00. The molecule has 7 nitrogen and oxygen atoms in total. The van der Waals surface area contributed by atoms with E-state index in [1.807, 2.05) is 13.8 Å². The summed E-state index contributed by atoms with van der Waals surface area (Å²) in [5.41, 5.74) is 1.47. The van der Waals surface area contributed by atoms with Crippen LogP contribution in [0.5, 0.6) is 0 Å². The molecule has 2 rings (SSSR count). The number of benzene rings is 1. The summed E-state index contributed by atoms with van der Waals surface area (Å²) in [4.78, 5) is 39.5. The predicted molar refractivity (Wildman–Crippen MR) is 91.7 cm³/mol. The van der Waals surface area contributed by atoms with Gasteiger partial charge in [0.15, 0.2) is 5.13 Å². The van der Waals surface area contributed by atoms with E-state index in [4.69, 9.17) is 5.11 Å². The Morgan fingerprint density at radius 2 is 2.04 bits per heavy atom. The maximum Gasteiger partial charge on any atom is 0.326 e. The molecule has 1 unspecified atom stereocenters. The fourth-order valence-corrected chi connectivity index (χ4v) is 2.81. The number of aryl methyl sites for hydroxylation is 2. The molecular weight excluding hydrogens is 330 g/mol. The predicted octanol–water partition coefficient (Wildman–Crippen LogP) is 2.47. The van der Waals surface area contributed by atoms with Crippen LogP contribution in [-0.4, -0.2) is 34.3 Å². The van der Waals surface area contributed by atoms with Gasteiger partial charge in [0.2, 0.25) is 0 Å². The van der Waals surface area contributed by atoms with E-state index in [0.29, 0.717) is 17.1 Å². The normalized spacial score (nSPS) is 11.6. The first-order valence-electron chi connectivity index (χ1n) is 7.19. The molecule has 126 valence electrons. The number of carboxylic acid groups (broad SMARTS) is 1. The van der Waals surface area contributed by atoms with Crippen molar-refractivity contribution in [3.63, 3.8) is 0 Å². The molecule has 0 aliphatic heterocycles. The number of aldehydes is 1. The molecule has 0 radical (unpaired) electrons. The number of aromatic nitrogens is 1. The van der Waals surface area contributed by atoms with Gasteiger partial charge in [0.1, 0.15) is 12.3 Å². The third-order valence-electron chi connectivity index (χ3n) is 3.38. The molecule has 2 aromatic rings. The van der Waals surface area contributed by atoms with Crippen LogP contribution in [0.1, 0.15) is 27.3 Å². The lowest BCUT2D eigenvalue weighted by Gasteiger charge is -2.16. The van der Waals surface area contributed by atoms with Gasteiger partial charge in [-0.25, -0.2) is 9.78 Å². The molecule has 0 fully saturated rings. The van der Waals surface area contributed by atoms with Crippen molar-refractivity contribution in [2.75, 3.05) is 10.6 Å². The molecule has 8 heteroatoms. The highest BCUT2D eigenvalue weighted by molar-refractivity contribution is 7.15. The molecule has 1 atom stereocenters. The van der Waals surface area contributed by atoms with Gasteiger partial charge >= 0.3 is 5.97 Å². The van der Waals surface area contributed by atoms with Crippen LogP contribution >= 0.6 is 11.3 Å². The van der Waals surface area contributed by atoms with E-state index in [1.165, 1.54) is 11.3 Å². The Morgan fingerprint density at radius 1 is 1.33 bits per heavy atom. The van der Waals surface area contributed by atoms with Gasteiger partial charge in [-0.1, -0.05) is 12.1 Å². The van der Waals surface area contributed by atoms with Crippen LogP contribution in [0.3, 0.4) is 0 Å². The Hall–Kier alpha value is -2.74. The van der Waals surface area contributed by atoms with E-state index in [9.17, 15) is 14.4 Å². The second-order valence-corrected chi connectivity index (χ2v) is 6.30. The zero-order valence-electron chi connectivity index (χ0n) is 13.2. The number of nitrogens with one attached hydrogen (secondary N) is 2. The molecule has 1 amide bonds. The van der Waals surface area contributed by atoms with Gasteiger partial charge in [-0.2, -0.15) is 0 Å². The van der Waals surface area contributed by atoms with Crippen molar-refractivity contribution in [2.45, 2.75) is 26.3 Å². The third-order valence-corrected chi connectivity index (χ3v) is 4.37. The smallest absolute Gasteiger partial charge is 0.326 e. The van der Waals surface area contributed by atoms with Crippen molar-refractivity contribution in [3.8, 4) is 0 Å². The van der Waals surface area contributed by atoms with Crippen molar-refractivity contribution in [2.24, 2.45) is 0 Å². The number of para-hydroxylation sites is 1. The Bertz CT molecular complexity index is 753. The SMILES string of the molecule is Cc1nc(NC(=O)c2ccccc2NC(CC=O)C(=O)O)sc1C. The molecule has 1 aromatic carbocycles. The quantitative estimate of drug-likeness (QED) is 0.664. The van der Waals surface area contributed by atoms with Crippen molar-refractivity contribution in [3.05, 3.63) is 40.4 Å². The fraction of sp³-hybridized carbons (Fsp3) is 0.250. The topological polar surface area (TPSA) is 108 Å². The lowest BCUT2D eigenvalue weighted by molar-refractivity contribution is -0.138. The molecule has 3 N–H and O–H groups in total. The molecule has 24 heavy (non-hydrogen) atoms. The molecule has 1 heterocycles. The Morgan fingerprint density at radius 3 is 2.62 bits per heavy atom. The second-order valence-electron chi connectivity index (χ2n) is 5.10. The van der Waals surface area contributed by atoms with Gasteiger partial charge < -0.3 is 15.2 Å². The first kappa shape index (κ1) is 17.6. The number of carbonyl (C=O) groups is 3. The van der Waals surface area contributed by atoms with Crippen LogP contribution in [0.15, 0.2) is 24.3 Å². The second kappa shape index (κ2) is 7.69. The first-order valence-corrected chi connectivity index (χ1v) is 8.01. The summed E-state index contributed by atoms with van der Waals surface area (Å²) in [5, 5.41) is 15.0. The van der Waals surface area contributed by atoms with Crippen molar-refractivity contribution in [1.29, 1.82) is 0 Å². The summed E-state index contributed by atoms with van der Waals surface area (Å²) >= 11 is 1.37. The number of hydrogen-bond donors (Lipinski definition) is 3. The van der Waals surface area contributed by atoms with E-state index < -0.39 is 17.9 Å². The summed E-state index contributed by atoms with van der Waals surface area (Å²) < 4.78 is 0. The molecule has 0 saturated heterocycles. The van der Waals surface area contributed by atoms with Crippen LogP contribution in [-0.2, 0) is 9.59 Å².